The first-order valence-corrected chi connectivity index (χ1v) is 8.19. The van der Waals surface area contributed by atoms with Gasteiger partial charge in [0.15, 0.2) is 0 Å². The molecule has 0 radical (unpaired) electrons. The Kier molecular flexibility index (Phi) is 5.09. The van der Waals surface area contributed by atoms with Crippen LogP contribution in [0.3, 0.4) is 0 Å². The summed E-state index contributed by atoms with van der Waals surface area (Å²) in [6, 6.07) is 13.5. The van der Waals surface area contributed by atoms with Gasteiger partial charge in [-0.3, -0.25) is 9.69 Å². The zero-order valence-corrected chi connectivity index (χ0v) is 14.4. The van der Waals surface area contributed by atoms with E-state index in [1.165, 1.54) is 4.90 Å². The van der Waals surface area contributed by atoms with Gasteiger partial charge in [0.2, 0.25) is 5.91 Å². The van der Waals surface area contributed by atoms with Gasteiger partial charge in [-0.2, -0.15) is 0 Å². The Labute approximate surface area is 150 Å². The maximum atomic E-state index is 12.4. The summed E-state index contributed by atoms with van der Waals surface area (Å²) in [4.78, 5) is 26.0. The van der Waals surface area contributed by atoms with Crippen molar-refractivity contribution in [2.75, 3.05) is 18.6 Å². The predicted molar refractivity (Wildman–Crippen MR) is 96.0 cm³/mol. The van der Waals surface area contributed by atoms with Crippen LogP contribution in [0.4, 0.5) is 10.5 Å². The molecule has 1 saturated heterocycles. The van der Waals surface area contributed by atoms with Gasteiger partial charge in [0.1, 0.15) is 11.8 Å². The monoisotopic (exact) mass is 359 g/mol. The molecule has 0 bridgehead atoms. The zero-order chi connectivity index (χ0) is 17.8. The van der Waals surface area contributed by atoms with E-state index in [0.29, 0.717) is 17.3 Å². The summed E-state index contributed by atoms with van der Waals surface area (Å²) in [5.74, 6) is 0.494. The number of amides is 3. The van der Waals surface area contributed by atoms with E-state index in [4.69, 9.17) is 16.3 Å². The van der Waals surface area contributed by atoms with Crippen molar-refractivity contribution >= 4 is 29.2 Å². The number of urea groups is 1. The lowest BCUT2D eigenvalue weighted by Gasteiger charge is -2.15. The van der Waals surface area contributed by atoms with Crippen molar-refractivity contribution in [1.29, 1.82) is 0 Å². The first-order chi connectivity index (χ1) is 12.1. The van der Waals surface area contributed by atoms with Crippen LogP contribution in [0.15, 0.2) is 48.5 Å². The van der Waals surface area contributed by atoms with Crippen LogP contribution < -0.4 is 20.3 Å². The Balaban J connectivity index is 1.61. The molecule has 2 aromatic rings. The number of carbonyl (C=O) groups is 2. The van der Waals surface area contributed by atoms with Gasteiger partial charge < -0.3 is 15.4 Å². The molecule has 0 spiro atoms. The van der Waals surface area contributed by atoms with Gasteiger partial charge in [-0.1, -0.05) is 29.8 Å². The van der Waals surface area contributed by atoms with Gasteiger partial charge in [0.05, 0.1) is 13.7 Å². The van der Waals surface area contributed by atoms with Crippen LogP contribution in [-0.2, 0) is 11.3 Å². The molecule has 1 fully saturated rings. The van der Waals surface area contributed by atoms with Crippen LogP contribution in [0.1, 0.15) is 5.56 Å². The van der Waals surface area contributed by atoms with Gasteiger partial charge in [-0.25, -0.2) is 4.79 Å². The van der Waals surface area contributed by atoms with E-state index in [9.17, 15) is 9.59 Å². The molecule has 1 atom stereocenters. The molecule has 0 saturated carbocycles. The second-order valence-electron chi connectivity index (χ2n) is 5.66. The van der Waals surface area contributed by atoms with Crippen molar-refractivity contribution in [2.45, 2.75) is 12.6 Å². The molecule has 2 aromatic carbocycles. The SMILES string of the molecule is COc1cccc(CNC(=O)C2CN(c3cccc(Cl)c3)C(=O)N2)c1. The van der Waals surface area contributed by atoms with Crippen LogP contribution in [0, 0.1) is 0 Å². The minimum absolute atomic E-state index is 0.235. The van der Waals surface area contributed by atoms with Gasteiger partial charge in [-0.05, 0) is 35.9 Å². The summed E-state index contributed by atoms with van der Waals surface area (Å²) in [6.45, 7) is 0.614. The Bertz CT molecular complexity index is 797. The Morgan fingerprint density at radius 1 is 1.32 bits per heavy atom. The largest absolute Gasteiger partial charge is 0.497 e. The van der Waals surface area contributed by atoms with Gasteiger partial charge in [0.25, 0.3) is 0 Å². The molecule has 1 aliphatic heterocycles. The third-order valence-electron chi connectivity index (χ3n) is 3.95. The number of anilines is 1. The highest BCUT2D eigenvalue weighted by molar-refractivity contribution is 6.30. The number of benzene rings is 2. The molecule has 0 aliphatic carbocycles. The molecule has 2 N–H and O–H groups in total. The molecule has 3 rings (SSSR count). The number of ether oxygens (including phenoxy) is 1. The minimum atomic E-state index is -0.614. The Morgan fingerprint density at radius 3 is 2.88 bits per heavy atom. The van der Waals surface area contributed by atoms with Crippen LogP contribution >= 0.6 is 11.6 Å². The highest BCUT2D eigenvalue weighted by Gasteiger charge is 2.34. The van der Waals surface area contributed by atoms with Crippen LogP contribution in [0.2, 0.25) is 5.02 Å². The highest BCUT2D eigenvalue weighted by atomic mass is 35.5. The molecule has 1 aliphatic rings. The molecule has 1 heterocycles. The third-order valence-corrected chi connectivity index (χ3v) is 4.18. The topological polar surface area (TPSA) is 70.7 Å². The number of rotatable bonds is 5. The van der Waals surface area contributed by atoms with E-state index in [2.05, 4.69) is 10.6 Å². The molecule has 130 valence electrons. The van der Waals surface area contributed by atoms with E-state index in [-0.39, 0.29) is 18.5 Å². The first kappa shape index (κ1) is 17.1. The summed E-state index contributed by atoms with van der Waals surface area (Å²) in [6.07, 6.45) is 0. The van der Waals surface area contributed by atoms with Crippen molar-refractivity contribution < 1.29 is 14.3 Å². The van der Waals surface area contributed by atoms with Gasteiger partial charge >= 0.3 is 6.03 Å². The second-order valence-corrected chi connectivity index (χ2v) is 6.10. The molecule has 7 heteroatoms. The van der Waals surface area contributed by atoms with Gasteiger partial charge in [0, 0.05) is 17.3 Å². The predicted octanol–water partition coefficient (Wildman–Crippen LogP) is 2.56. The smallest absolute Gasteiger partial charge is 0.322 e. The molecule has 6 nitrogen and oxygen atoms in total. The summed E-state index contributed by atoms with van der Waals surface area (Å²) < 4.78 is 5.16. The minimum Gasteiger partial charge on any atom is -0.497 e. The standard InChI is InChI=1S/C18H18ClN3O3/c1-25-15-7-2-4-12(8-15)10-20-17(23)16-11-22(18(24)21-16)14-6-3-5-13(19)9-14/h2-9,16H,10-11H2,1H3,(H,20,23)(H,21,24). The second kappa shape index (κ2) is 7.44. The van der Waals surface area contributed by atoms with E-state index in [1.54, 1.807) is 31.4 Å². The maximum absolute atomic E-state index is 12.4. The van der Waals surface area contributed by atoms with Crippen LogP contribution in [0.5, 0.6) is 5.75 Å². The molecule has 1 unspecified atom stereocenters. The number of carbonyl (C=O) groups excluding carboxylic acids is 2. The molecule has 3 amide bonds. The van der Waals surface area contributed by atoms with Crippen molar-refractivity contribution in [3.05, 3.63) is 59.1 Å². The average molecular weight is 360 g/mol. The fourth-order valence-electron chi connectivity index (χ4n) is 2.65. The van der Waals surface area contributed by atoms with Gasteiger partial charge in [-0.15, -0.1) is 0 Å². The van der Waals surface area contributed by atoms with Crippen molar-refractivity contribution in [2.24, 2.45) is 0 Å². The van der Waals surface area contributed by atoms with Crippen LogP contribution in [-0.4, -0.2) is 31.6 Å². The Morgan fingerprint density at radius 2 is 2.12 bits per heavy atom. The van der Waals surface area contributed by atoms with E-state index < -0.39 is 6.04 Å². The average Bonchev–Trinajstić information content (AvgIpc) is 3.02. The van der Waals surface area contributed by atoms with E-state index >= 15 is 0 Å². The highest BCUT2D eigenvalue weighted by Crippen LogP contribution is 2.22. The fraction of sp³-hybridized carbons (Fsp3) is 0.222. The van der Waals surface area contributed by atoms with E-state index in [1.807, 2.05) is 24.3 Å². The number of nitrogens with zero attached hydrogens (tertiary/aromatic N) is 1. The summed E-state index contributed by atoms with van der Waals surface area (Å²) in [5.41, 5.74) is 1.58. The van der Waals surface area contributed by atoms with Crippen LogP contribution in [0.25, 0.3) is 0 Å². The summed E-state index contributed by atoms with van der Waals surface area (Å²) >= 11 is 5.96. The third kappa shape index (κ3) is 4.03. The number of methoxy groups -OCH3 is 1. The Hall–Kier alpha value is -2.73. The number of halogens is 1. The first-order valence-electron chi connectivity index (χ1n) is 7.81. The number of hydrogen-bond acceptors (Lipinski definition) is 3. The quantitative estimate of drug-likeness (QED) is 0.862. The van der Waals surface area contributed by atoms with Crippen molar-refractivity contribution in [3.8, 4) is 5.75 Å². The molecule has 0 aromatic heterocycles. The van der Waals surface area contributed by atoms with Crippen molar-refractivity contribution in [3.63, 3.8) is 0 Å². The lowest BCUT2D eigenvalue weighted by Crippen LogP contribution is -2.42. The molecular weight excluding hydrogens is 342 g/mol. The van der Waals surface area contributed by atoms with E-state index in [0.717, 1.165) is 11.3 Å². The fourth-order valence-corrected chi connectivity index (χ4v) is 2.83. The number of hydrogen-bond donors (Lipinski definition) is 2. The lowest BCUT2D eigenvalue weighted by molar-refractivity contribution is -0.122. The maximum Gasteiger partial charge on any atom is 0.322 e. The normalized spacial score (nSPS) is 16.5. The summed E-state index contributed by atoms with van der Waals surface area (Å²) in [5, 5.41) is 6.06. The lowest BCUT2D eigenvalue weighted by atomic mass is 10.2. The number of nitrogens with one attached hydrogen (secondary N) is 2. The van der Waals surface area contributed by atoms with Crippen molar-refractivity contribution in [1.82, 2.24) is 10.6 Å². The zero-order valence-electron chi connectivity index (χ0n) is 13.7. The molecular formula is C18H18ClN3O3. The molecule has 25 heavy (non-hydrogen) atoms. The summed E-state index contributed by atoms with van der Waals surface area (Å²) in [7, 11) is 1.59.